The molecule has 2 amide bonds. The summed E-state index contributed by atoms with van der Waals surface area (Å²) < 4.78 is 0. The minimum atomic E-state index is -0.669. The van der Waals surface area contributed by atoms with Crippen LogP contribution in [0.15, 0.2) is 30.5 Å². The lowest BCUT2D eigenvalue weighted by molar-refractivity contribution is -0.122. The highest BCUT2D eigenvalue weighted by atomic mass is 16.2. The third-order valence-corrected chi connectivity index (χ3v) is 1.96. The second-order valence-corrected chi connectivity index (χ2v) is 3.13. The molecule has 0 saturated heterocycles. The Balaban J connectivity index is 2.52. The van der Waals surface area contributed by atoms with Crippen molar-refractivity contribution < 1.29 is 9.59 Å². The highest BCUT2D eigenvalue weighted by molar-refractivity contribution is 5.82. The number of nitrogens with zero attached hydrogens (tertiary/aromatic N) is 1. The van der Waals surface area contributed by atoms with Gasteiger partial charge in [0.1, 0.15) is 6.04 Å². The van der Waals surface area contributed by atoms with Gasteiger partial charge in [0.2, 0.25) is 12.3 Å². The number of hydrogen-bond donors (Lipinski definition) is 2. The summed E-state index contributed by atoms with van der Waals surface area (Å²) in [6.07, 6.45) is 6.00. The van der Waals surface area contributed by atoms with Crippen molar-refractivity contribution in [2.24, 2.45) is 5.73 Å². The van der Waals surface area contributed by atoms with E-state index in [1.54, 1.807) is 18.3 Å². The van der Waals surface area contributed by atoms with Gasteiger partial charge in [-0.2, -0.15) is 0 Å². The lowest BCUT2D eigenvalue weighted by Crippen LogP contribution is -2.40. The van der Waals surface area contributed by atoms with Crippen LogP contribution in [0.5, 0.6) is 0 Å². The lowest BCUT2D eigenvalue weighted by atomic mass is 10.2. The number of amides is 2. The zero-order valence-electron chi connectivity index (χ0n) is 8.67. The highest BCUT2D eigenvalue weighted by Crippen LogP contribution is 1.99. The topological polar surface area (TPSA) is 85.1 Å². The first-order valence-electron chi connectivity index (χ1n) is 4.80. The fourth-order valence-corrected chi connectivity index (χ4v) is 1.15. The molecule has 0 aliphatic carbocycles. The van der Waals surface area contributed by atoms with Crippen LogP contribution < -0.4 is 11.1 Å². The first-order chi connectivity index (χ1) is 7.74. The molecule has 16 heavy (non-hydrogen) atoms. The van der Waals surface area contributed by atoms with E-state index in [0.717, 1.165) is 5.69 Å². The molecule has 1 aromatic rings. The molecule has 1 atom stereocenters. The maximum absolute atomic E-state index is 10.9. The molecule has 1 heterocycles. The molecule has 0 fully saturated rings. The van der Waals surface area contributed by atoms with Gasteiger partial charge < -0.3 is 11.1 Å². The van der Waals surface area contributed by atoms with Crippen molar-refractivity contribution in [3.8, 4) is 0 Å². The molecule has 5 nitrogen and oxygen atoms in total. The molecule has 0 bridgehead atoms. The van der Waals surface area contributed by atoms with E-state index < -0.39 is 11.9 Å². The van der Waals surface area contributed by atoms with Crippen molar-refractivity contribution in [1.29, 1.82) is 0 Å². The van der Waals surface area contributed by atoms with Crippen LogP contribution in [0.1, 0.15) is 12.1 Å². The average molecular weight is 219 g/mol. The molecule has 0 aromatic carbocycles. The van der Waals surface area contributed by atoms with Crippen LogP contribution in [-0.4, -0.2) is 23.3 Å². The molecule has 0 aliphatic rings. The summed E-state index contributed by atoms with van der Waals surface area (Å²) in [6, 6.07) is 4.85. The zero-order chi connectivity index (χ0) is 11.8. The van der Waals surface area contributed by atoms with Crippen molar-refractivity contribution in [2.45, 2.75) is 12.5 Å². The van der Waals surface area contributed by atoms with Gasteiger partial charge in [0.25, 0.3) is 0 Å². The van der Waals surface area contributed by atoms with E-state index >= 15 is 0 Å². The predicted molar refractivity (Wildman–Crippen MR) is 60.1 cm³/mol. The fraction of sp³-hybridized carbons (Fsp3) is 0.182. The molecule has 5 heteroatoms. The third-order valence-electron chi connectivity index (χ3n) is 1.96. The number of primary amides is 1. The maximum Gasteiger partial charge on any atom is 0.240 e. The Bertz CT molecular complexity index is 376. The second-order valence-electron chi connectivity index (χ2n) is 3.13. The number of aromatic nitrogens is 1. The van der Waals surface area contributed by atoms with Gasteiger partial charge in [0.15, 0.2) is 0 Å². The van der Waals surface area contributed by atoms with Crippen molar-refractivity contribution in [2.75, 3.05) is 0 Å². The smallest absolute Gasteiger partial charge is 0.240 e. The fourth-order valence-electron chi connectivity index (χ4n) is 1.15. The molecular weight excluding hydrogens is 206 g/mol. The number of nitrogens with two attached hydrogens (primary N) is 1. The largest absolute Gasteiger partial charge is 0.368 e. The van der Waals surface area contributed by atoms with E-state index in [9.17, 15) is 9.59 Å². The second kappa shape index (κ2) is 6.34. The molecule has 0 spiro atoms. The monoisotopic (exact) mass is 219 g/mol. The van der Waals surface area contributed by atoms with Gasteiger partial charge in [-0.3, -0.25) is 14.6 Å². The number of carbonyl (C=O) groups excluding carboxylic acids is 2. The van der Waals surface area contributed by atoms with E-state index in [2.05, 4.69) is 10.3 Å². The summed E-state index contributed by atoms with van der Waals surface area (Å²) >= 11 is 0. The first kappa shape index (κ1) is 11.9. The Kier molecular flexibility index (Phi) is 4.72. The Labute approximate surface area is 93.4 Å². The predicted octanol–water partition coefficient (Wildman–Crippen LogP) is 0.0848. The van der Waals surface area contributed by atoms with E-state index in [4.69, 9.17) is 5.73 Å². The van der Waals surface area contributed by atoms with Crippen molar-refractivity contribution in [3.05, 3.63) is 36.2 Å². The van der Waals surface area contributed by atoms with Gasteiger partial charge >= 0.3 is 0 Å². The van der Waals surface area contributed by atoms with Gasteiger partial charge in [0, 0.05) is 6.20 Å². The molecular formula is C11H13N3O2. The van der Waals surface area contributed by atoms with Crippen LogP contribution in [0.25, 0.3) is 6.08 Å². The SMILES string of the molecule is NC(=O)C(CC=Cc1ccccn1)NC=O. The van der Waals surface area contributed by atoms with E-state index in [-0.39, 0.29) is 0 Å². The van der Waals surface area contributed by atoms with Crippen LogP contribution >= 0.6 is 0 Å². The van der Waals surface area contributed by atoms with E-state index in [1.165, 1.54) is 0 Å². The standard InChI is InChI=1S/C11H13N3O2/c12-11(16)10(14-8-15)6-3-5-9-4-1-2-7-13-9/h1-5,7-8,10H,6H2,(H2,12,16)(H,14,15). The minimum absolute atomic E-state index is 0.352. The third kappa shape index (κ3) is 3.91. The molecule has 0 saturated carbocycles. The summed E-state index contributed by atoms with van der Waals surface area (Å²) in [5.74, 6) is -0.558. The van der Waals surface area contributed by atoms with Crippen LogP contribution in [0.3, 0.4) is 0 Å². The van der Waals surface area contributed by atoms with Gasteiger partial charge in [-0.25, -0.2) is 0 Å². The number of carbonyl (C=O) groups is 2. The van der Waals surface area contributed by atoms with Crippen LogP contribution in [0.4, 0.5) is 0 Å². The summed E-state index contributed by atoms with van der Waals surface area (Å²) in [4.78, 5) is 25.2. The van der Waals surface area contributed by atoms with Gasteiger partial charge in [-0.05, 0) is 24.6 Å². The molecule has 0 aliphatic heterocycles. The van der Waals surface area contributed by atoms with Crippen molar-refractivity contribution in [3.63, 3.8) is 0 Å². The molecule has 1 rings (SSSR count). The molecule has 0 radical (unpaired) electrons. The number of nitrogens with one attached hydrogen (secondary N) is 1. The summed E-state index contributed by atoms with van der Waals surface area (Å²) in [6.45, 7) is 0. The normalized spacial score (nSPS) is 12.2. The summed E-state index contributed by atoms with van der Waals surface area (Å²) in [5, 5.41) is 2.34. The quantitative estimate of drug-likeness (QED) is 0.665. The summed E-state index contributed by atoms with van der Waals surface area (Å²) in [7, 11) is 0. The van der Waals surface area contributed by atoms with Crippen LogP contribution in [0.2, 0.25) is 0 Å². The van der Waals surface area contributed by atoms with Gasteiger partial charge in [-0.1, -0.05) is 12.1 Å². The van der Waals surface area contributed by atoms with Crippen LogP contribution in [-0.2, 0) is 9.59 Å². The first-order valence-corrected chi connectivity index (χ1v) is 4.80. The van der Waals surface area contributed by atoms with Crippen molar-refractivity contribution in [1.82, 2.24) is 10.3 Å². The Morgan fingerprint density at radius 3 is 2.94 bits per heavy atom. The Morgan fingerprint density at radius 1 is 1.56 bits per heavy atom. The van der Waals surface area contributed by atoms with E-state index in [1.807, 2.05) is 18.2 Å². The molecule has 84 valence electrons. The van der Waals surface area contributed by atoms with Gasteiger partial charge in [0.05, 0.1) is 5.69 Å². The van der Waals surface area contributed by atoms with Crippen LogP contribution in [0, 0.1) is 0 Å². The highest BCUT2D eigenvalue weighted by Gasteiger charge is 2.10. The average Bonchev–Trinajstić information content (AvgIpc) is 2.29. The maximum atomic E-state index is 10.9. The lowest BCUT2D eigenvalue weighted by Gasteiger charge is -2.08. The number of pyridine rings is 1. The molecule has 3 N–H and O–H groups in total. The Morgan fingerprint density at radius 2 is 2.38 bits per heavy atom. The molecule has 1 unspecified atom stereocenters. The van der Waals surface area contributed by atoms with E-state index in [0.29, 0.717) is 12.8 Å². The number of rotatable bonds is 6. The summed E-state index contributed by atoms with van der Waals surface area (Å²) in [5.41, 5.74) is 5.88. The minimum Gasteiger partial charge on any atom is -0.368 e. The number of hydrogen-bond acceptors (Lipinski definition) is 3. The Hall–Kier alpha value is -2.17. The van der Waals surface area contributed by atoms with Gasteiger partial charge in [-0.15, -0.1) is 0 Å². The van der Waals surface area contributed by atoms with Crippen molar-refractivity contribution >= 4 is 18.4 Å². The zero-order valence-corrected chi connectivity index (χ0v) is 8.67. The molecule has 1 aromatic heterocycles.